The highest BCUT2D eigenvalue weighted by atomic mass is 127. The van der Waals surface area contributed by atoms with Crippen LogP contribution in [0.2, 0.25) is 20.5 Å². The second-order valence-corrected chi connectivity index (χ2v) is 6.89. The number of hydrogen-bond donors (Lipinski definition) is 0. The van der Waals surface area contributed by atoms with Gasteiger partial charge < -0.3 is 13.7 Å². The summed E-state index contributed by atoms with van der Waals surface area (Å²) >= 11 is 1.48. The van der Waals surface area contributed by atoms with Gasteiger partial charge in [-0.1, -0.05) is 7.43 Å². The molecule has 0 aliphatic carbocycles. The molecule has 0 unspecified atom stereocenters. The van der Waals surface area contributed by atoms with Crippen molar-refractivity contribution >= 4 is 43.9 Å². The number of nitrogens with zero attached hydrogens (tertiary/aromatic N) is 4. The van der Waals surface area contributed by atoms with Crippen molar-refractivity contribution in [2.45, 2.75) is 34.8 Å². The van der Waals surface area contributed by atoms with E-state index in [1.54, 1.807) is 0 Å². The van der Waals surface area contributed by atoms with Crippen molar-refractivity contribution < 1.29 is 31.3 Å². The molecule has 168 valence electrons. The molecule has 0 atom stereocenters. The summed E-state index contributed by atoms with van der Waals surface area (Å²) in [5.74, 6) is -3.26. The van der Waals surface area contributed by atoms with Gasteiger partial charge in [-0.15, -0.1) is 0 Å². The van der Waals surface area contributed by atoms with E-state index in [4.69, 9.17) is 24.2 Å². The molecule has 0 amide bonds. The van der Waals surface area contributed by atoms with Gasteiger partial charge in [-0.05, 0) is 50.0 Å². The summed E-state index contributed by atoms with van der Waals surface area (Å²) < 4.78 is 65.6. The average molecular weight is 562 g/mol. The first-order valence-corrected chi connectivity index (χ1v) is 9.66. The van der Waals surface area contributed by atoms with Crippen LogP contribution >= 0.6 is 22.6 Å². The van der Waals surface area contributed by atoms with Crippen LogP contribution in [0.4, 0.5) is 17.6 Å². The average Bonchev–Trinajstić information content (AvgIpc) is 2.71. The molecule has 0 saturated carbocycles. The van der Waals surface area contributed by atoms with E-state index in [1.165, 1.54) is 41.7 Å². The molecular weight excluding hydrogens is 544 g/mol. The van der Waals surface area contributed by atoms with E-state index in [1.807, 2.05) is 20.5 Å². The fourth-order valence-electron chi connectivity index (χ4n) is 2.06. The van der Waals surface area contributed by atoms with Crippen LogP contribution in [0.25, 0.3) is 0 Å². The molecule has 2 aromatic heterocycles. The quantitative estimate of drug-likeness (QED) is 0.267. The highest BCUT2D eigenvalue weighted by Crippen LogP contribution is 2.15. The Bertz CT molecular complexity index is 918. The molecule has 3 rings (SSSR count). The summed E-state index contributed by atoms with van der Waals surface area (Å²) in [5, 5.41) is 16.5. The fraction of sp³-hybridized carbons (Fsp3) is 0.294. The zero-order chi connectivity index (χ0) is 23.7. The third-order valence-electron chi connectivity index (χ3n) is 3.48. The Morgan fingerprint density at radius 2 is 1.19 bits per heavy atom. The standard InChI is InChI=1S/C7H4F2N2.C6HF2IN2.C3H9B3O3.CH4/c1-4-5(8)3-11-6(2-10)7(4)9;7-3-2-11-4(1-10)5(8)6(3)9;1-4-7-5(2)9-6(3)8-4;/h3H,1H3;2H;1-3H3;1H4. The van der Waals surface area contributed by atoms with Gasteiger partial charge in [0.05, 0.1) is 16.0 Å². The van der Waals surface area contributed by atoms with Crippen molar-refractivity contribution in [2.75, 3.05) is 0 Å². The Balaban J connectivity index is 0.000000446. The molecule has 2 aromatic rings. The Kier molecular flexibility index (Phi) is 13.1. The van der Waals surface area contributed by atoms with Crippen LogP contribution in [0.3, 0.4) is 0 Å². The van der Waals surface area contributed by atoms with Crippen molar-refractivity contribution in [3.8, 4) is 12.1 Å². The van der Waals surface area contributed by atoms with E-state index in [2.05, 4.69) is 9.97 Å². The monoisotopic (exact) mass is 562 g/mol. The molecule has 32 heavy (non-hydrogen) atoms. The third-order valence-corrected chi connectivity index (χ3v) is 4.47. The number of nitriles is 2. The largest absolute Gasteiger partial charge is 0.453 e. The molecule has 0 bridgehead atoms. The number of rotatable bonds is 0. The second-order valence-electron chi connectivity index (χ2n) is 5.81. The predicted octanol–water partition coefficient (Wildman–Crippen LogP) is 4.42. The first kappa shape index (κ1) is 29.8. The van der Waals surface area contributed by atoms with Gasteiger partial charge in [0.15, 0.2) is 28.8 Å². The lowest BCUT2D eigenvalue weighted by Gasteiger charge is -2.25. The SMILES string of the molecule is C.CB1OB(C)OB(C)O1.Cc1c(F)cnc(C#N)c1F.N#Cc1ncc(F)c(I)c1F. The maximum atomic E-state index is 12.7. The lowest BCUT2D eigenvalue weighted by Crippen LogP contribution is -2.44. The van der Waals surface area contributed by atoms with Crippen LogP contribution in [0.1, 0.15) is 24.4 Å². The van der Waals surface area contributed by atoms with Gasteiger partial charge in [-0.25, -0.2) is 27.5 Å². The highest BCUT2D eigenvalue weighted by molar-refractivity contribution is 14.1. The zero-order valence-corrected chi connectivity index (χ0v) is 18.9. The Morgan fingerprint density at radius 1 is 0.812 bits per heavy atom. The van der Waals surface area contributed by atoms with Gasteiger partial charge in [-0.2, -0.15) is 10.5 Å². The van der Waals surface area contributed by atoms with Crippen molar-refractivity contribution in [1.29, 1.82) is 10.5 Å². The molecular formula is C17H18B3F4IN4O3. The van der Waals surface area contributed by atoms with Gasteiger partial charge in [0.1, 0.15) is 18.0 Å². The molecule has 1 aliphatic heterocycles. The molecule has 0 radical (unpaired) electrons. The van der Waals surface area contributed by atoms with Gasteiger partial charge in [0.25, 0.3) is 0 Å². The molecule has 15 heteroatoms. The van der Waals surface area contributed by atoms with Crippen LogP contribution in [0.5, 0.6) is 0 Å². The van der Waals surface area contributed by atoms with E-state index in [-0.39, 0.29) is 49.3 Å². The third kappa shape index (κ3) is 8.74. The topological polar surface area (TPSA) is 101 Å². The summed E-state index contributed by atoms with van der Waals surface area (Å²) in [6, 6.07) is 3.02. The molecule has 0 N–H and O–H groups in total. The van der Waals surface area contributed by atoms with E-state index in [0.717, 1.165) is 12.4 Å². The van der Waals surface area contributed by atoms with Gasteiger partial charge in [-0.3, -0.25) is 0 Å². The van der Waals surface area contributed by atoms with Crippen LogP contribution in [-0.4, -0.2) is 31.3 Å². The number of pyridine rings is 2. The molecule has 1 saturated heterocycles. The molecule has 1 fully saturated rings. The maximum Gasteiger partial charge on any atom is 0.426 e. The van der Waals surface area contributed by atoms with Crippen molar-refractivity contribution in [3.05, 3.63) is 56.2 Å². The first-order chi connectivity index (χ1) is 14.5. The van der Waals surface area contributed by atoms with Gasteiger partial charge in [0, 0.05) is 5.56 Å². The first-order valence-electron chi connectivity index (χ1n) is 8.58. The highest BCUT2D eigenvalue weighted by Gasteiger charge is 2.31. The molecule has 0 aromatic carbocycles. The maximum absolute atomic E-state index is 12.7. The van der Waals surface area contributed by atoms with Gasteiger partial charge in [0.2, 0.25) is 0 Å². The summed E-state index contributed by atoms with van der Waals surface area (Å²) in [4.78, 5) is 6.49. The van der Waals surface area contributed by atoms with Crippen LogP contribution < -0.4 is 0 Å². The van der Waals surface area contributed by atoms with Gasteiger partial charge >= 0.3 is 21.4 Å². The lowest BCUT2D eigenvalue weighted by atomic mass is 9.74. The normalized spacial score (nSPS) is 12.3. The summed E-state index contributed by atoms with van der Waals surface area (Å²) in [7, 11) is -0.406. The number of halogens is 5. The van der Waals surface area contributed by atoms with E-state index in [0.29, 0.717) is 0 Å². The summed E-state index contributed by atoms with van der Waals surface area (Å²) in [6.07, 6.45) is 1.65. The van der Waals surface area contributed by atoms with E-state index >= 15 is 0 Å². The van der Waals surface area contributed by atoms with Crippen LogP contribution in [0.15, 0.2) is 12.4 Å². The molecule has 7 nitrogen and oxygen atoms in total. The molecule has 3 heterocycles. The minimum absolute atomic E-state index is 0. The van der Waals surface area contributed by atoms with E-state index < -0.39 is 23.3 Å². The van der Waals surface area contributed by atoms with Crippen molar-refractivity contribution in [3.63, 3.8) is 0 Å². The molecule has 1 aliphatic rings. The minimum atomic E-state index is -0.895. The minimum Gasteiger partial charge on any atom is -0.453 e. The lowest BCUT2D eigenvalue weighted by molar-refractivity contribution is 0.294. The Labute approximate surface area is 198 Å². The van der Waals surface area contributed by atoms with Crippen molar-refractivity contribution in [1.82, 2.24) is 9.97 Å². The Morgan fingerprint density at radius 3 is 1.59 bits per heavy atom. The molecule has 0 spiro atoms. The van der Waals surface area contributed by atoms with E-state index in [9.17, 15) is 17.6 Å². The summed E-state index contributed by atoms with van der Waals surface area (Å²) in [5.41, 5.74) is -0.920. The zero-order valence-electron chi connectivity index (χ0n) is 16.8. The predicted molar refractivity (Wildman–Crippen MR) is 120 cm³/mol. The smallest absolute Gasteiger partial charge is 0.426 e. The van der Waals surface area contributed by atoms with Crippen LogP contribution in [-0.2, 0) is 13.7 Å². The van der Waals surface area contributed by atoms with Crippen molar-refractivity contribution in [2.24, 2.45) is 0 Å². The number of hydrogen-bond acceptors (Lipinski definition) is 7. The Hall–Kier alpha value is -2.20. The fourth-order valence-corrected chi connectivity index (χ4v) is 2.46. The number of aromatic nitrogens is 2. The van der Waals surface area contributed by atoms with Crippen LogP contribution in [0, 0.1) is 56.4 Å². The second kappa shape index (κ2) is 14.1. The summed E-state index contributed by atoms with van der Waals surface area (Å²) in [6.45, 7) is 6.83.